The monoisotopic (exact) mass is 373 g/mol. The van der Waals surface area contributed by atoms with E-state index in [-0.39, 0.29) is 0 Å². The van der Waals surface area contributed by atoms with Gasteiger partial charge in [-0.1, -0.05) is 72.8 Å². The van der Waals surface area contributed by atoms with Crippen LogP contribution in [0.25, 0.3) is 43.8 Å². The normalized spacial score (nSPS) is 11.2. The van der Waals surface area contributed by atoms with Crippen molar-refractivity contribution < 1.29 is 0 Å². The second-order valence-corrected chi connectivity index (χ2v) is 7.79. The molecule has 0 unspecified atom stereocenters. The maximum Gasteiger partial charge on any atom is 0.0317 e. The summed E-state index contributed by atoms with van der Waals surface area (Å²) in [6.45, 7) is 4.31. The third-order valence-corrected chi connectivity index (χ3v) is 5.85. The number of aryl methyl sites for hydroxylation is 2. The summed E-state index contributed by atoms with van der Waals surface area (Å²) in [5.41, 5.74) is 14.3. The molecule has 0 saturated carbocycles. The zero-order valence-electron chi connectivity index (χ0n) is 16.7. The summed E-state index contributed by atoms with van der Waals surface area (Å²) in [5.74, 6) is 0. The lowest BCUT2D eigenvalue weighted by Crippen LogP contribution is -1.92. The number of hydrogen-bond acceptors (Lipinski definition) is 1. The zero-order valence-corrected chi connectivity index (χ0v) is 16.7. The predicted octanol–water partition coefficient (Wildman–Crippen LogP) is 7.53. The molecule has 0 aliphatic heterocycles. The first kappa shape index (κ1) is 17.5. The topological polar surface area (TPSA) is 26.0 Å². The van der Waals surface area contributed by atoms with E-state index >= 15 is 0 Å². The molecule has 0 radical (unpaired) electrons. The highest BCUT2D eigenvalue weighted by atomic mass is 14.5. The molecule has 0 bridgehead atoms. The number of nitrogens with two attached hydrogens (primary N) is 1. The van der Waals surface area contributed by atoms with Gasteiger partial charge in [0.15, 0.2) is 0 Å². The largest absolute Gasteiger partial charge is 0.399 e. The average Bonchev–Trinajstić information content (AvgIpc) is 2.74. The minimum absolute atomic E-state index is 0.808. The van der Waals surface area contributed by atoms with Gasteiger partial charge in [-0.25, -0.2) is 0 Å². The van der Waals surface area contributed by atoms with Crippen LogP contribution in [0.2, 0.25) is 0 Å². The Balaban J connectivity index is 1.72. The molecule has 5 aromatic carbocycles. The van der Waals surface area contributed by atoms with Gasteiger partial charge in [0.25, 0.3) is 0 Å². The molecule has 140 valence electrons. The highest BCUT2D eigenvalue weighted by molar-refractivity contribution is 6.13. The van der Waals surface area contributed by atoms with E-state index in [1.165, 1.54) is 54.9 Å². The molecule has 5 aromatic rings. The van der Waals surface area contributed by atoms with Gasteiger partial charge in [0.2, 0.25) is 0 Å². The highest BCUT2D eigenvalue weighted by Crippen LogP contribution is 2.37. The van der Waals surface area contributed by atoms with Gasteiger partial charge in [0, 0.05) is 5.69 Å². The van der Waals surface area contributed by atoms with Gasteiger partial charge in [-0.05, 0) is 87.0 Å². The average molecular weight is 373 g/mol. The van der Waals surface area contributed by atoms with Crippen LogP contribution in [-0.4, -0.2) is 0 Å². The number of nitrogen functional groups attached to an aromatic ring is 1. The minimum atomic E-state index is 0.808. The lowest BCUT2D eigenvalue weighted by Gasteiger charge is -2.14. The molecule has 0 spiro atoms. The molecular formula is C28H23N. The molecule has 2 N–H and O–H groups in total. The highest BCUT2D eigenvalue weighted by Gasteiger charge is 2.11. The Kier molecular flexibility index (Phi) is 4.10. The van der Waals surface area contributed by atoms with Crippen molar-refractivity contribution in [2.75, 3.05) is 5.73 Å². The fraction of sp³-hybridized carbons (Fsp3) is 0.0714. The molecule has 0 saturated heterocycles. The molecule has 0 amide bonds. The smallest absolute Gasteiger partial charge is 0.0317 e. The molecule has 1 nitrogen and oxygen atoms in total. The summed E-state index contributed by atoms with van der Waals surface area (Å²) < 4.78 is 0. The van der Waals surface area contributed by atoms with E-state index < -0.39 is 0 Å². The number of anilines is 1. The van der Waals surface area contributed by atoms with E-state index in [1.807, 2.05) is 12.1 Å². The summed E-state index contributed by atoms with van der Waals surface area (Å²) in [4.78, 5) is 0. The first-order valence-corrected chi connectivity index (χ1v) is 10.00. The molecule has 0 atom stereocenters. The van der Waals surface area contributed by atoms with Gasteiger partial charge in [-0.15, -0.1) is 0 Å². The van der Waals surface area contributed by atoms with Crippen LogP contribution >= 0.6 is 0 Å². The predicted molar refractivity (Wildman–Crippen MR) is 126 cm³/mol. The maximum atomic E-state index is 5.94. The number of rotatable bonds is 2. The van der Waals surface area contributed by atoms with Crippen molar-refractivity contribution >= 4 is 27.2 Å². The molecule has 0 aliphatic rings. The molecule has 0 heterocycles. The van der Waals surface area contributed by atoms with Crippen LogP contribution in [0.5, 0.6) is 0 Å². The van der Waals surface area contributed by atoms with Crippen molar-refractivity contribution in [3.05, 3.63) is 102 Å². The van der Waals surface area contributed by atoms with Crippen molar-refractivity contribution in [3.8, 4) is 22.3 Å². The Morgan fingerprint density at radius 1 is 0.517 bits per heavy atom. The number of benzene rings is 5. The van der Waals surface area contributed by atoms with E-state index in [0.717, 1.165) is 5.69 Å². The fourth-order valence-electron chi connectivity index (χ4n) is 4.42. The van der Waals surface area contributed by atoms with Gasteiger partial charge >= 0.3 is 0 Å². The number of hydrogen-bond donors (Lipinski definition) is 1. The molecule has 5 rings (SSSR count). The molecule has 0 aliphatic carbocycles. The van der Waals surface area contributed by atoms with E-state index in [9.17, 15) is 0 Å². The molecule has 29 heavy (non-hydrogen) atoms. The van der Waals surface area contributed by atoms with Crippen LogP contribution in [0.4, 0.5) is 5.69 Å². The third-order valence-electron chi connectivity index (χ3n) is 5.85. The second-order valence-electron chi connectivity index (χ2n) is 7.79. The van der Waals surface area contributed by atoms with E-state index in [4.69, 9.17) is 5.73 Å². The summed E-state index contributed by atoms with van der Waals surface area (Å²) in [7, 11) is 0. The van der Waals surface area contributed by atoms with Crippen LogP contribution in [0.3, 0.4) is 0 Å². The van der Waals surface area contributed by atoms with Crippen LogP contribution < -0.4 is 5.73 Å². The van der Waals surface area contributed by atoms with E-state index in [1.54, 1.807) is 0 Å². The quantitative estimate of drug-likeness (QED) is 0.251. The Labute approximate surface area is 171 Å². The Morgan fingerprint density at radius 2 is 1.14 bits per heavy atom. The number of fused-ring (bicyclic) bond motifs is 3. The van der Waals surface area contributed by atoms with Crippen LogP contribution in [0.1, 0.15) is 11.1 Å². The van der Waals surface area contributed by atoms with Crippen molar-refractivity contribution in [1.29, 1.82) is 0 Å². The van der Waals surface area contributed by atoms with Crippen LogP contribution in [0.15, 0.2) is 91.0 Å². The van der Waals surface area contributed by atoms with Crippen molar-refractivity contribution in [2.45, 2.75) is 13.8 Å². The second kappa shape index (κ2) is 6.79. The van der Waals surface area contributed by atoms with Gasteiger partial charge in [0.05, 0.1) is 0 Å². The Morgan fingerprint density at radius 3 is 1.86 bits per heavy atom. The fourth-order valence-corrected chi connectivity index (χ4v) is 4.42. The van der Waals surface area contributed by atoms with Crippen molar-refractivity contribution in [3.63, 3.8) is 0 Å². The SMILES string of the molecule is Cc1cc(N)ccc1-c1ccc(-c2cc3ccccc3c3ccccc23)cc1C. The molecule has 0 fully saturated rings. The Hall–Kier alpha value is -3.58. The van der Waals surface area contributed by atoms with Crippen LogP contribution in [0, 0.1) is 13.8 Å². The summed E-state index contributed by atoms with van der Waals surface area (Å²) in [5, 5.41) is 5.17. The first-order valence-electron chi connectivity index (χ1n) is 10.00. The van der Waals surface area contributed by atoms with E-state index in [0.29, 0.717) is 0 Å². The summed E-state index contributed by atoms with van der Waals surface area (Å²) in [6, 6.07) is 32.6. The first-order chi connectivity index (χ1) is 14.1. The van der Waals surface area contributed by atoms with Crippen LogP contribution in [-0.2, 0) is 0 Å². The molecule has 1 heteroatoms. The van der Waals surface area contributed by atoms with E-state index in [2.05, 4.69) is 92.7 Å². The summed E-state index contributed by atoms with van der Waals surface area (Å²) in [6.07, 6.45) is 0. The minimum Gasteiger partial charge on any atom is -0.399 e. The maximum absolute atomic E-state index is 5.94. The molecule has 0 aromatic heterocycles. The van der Waals surface area contributed by atoms with Crippen molar-refractivity contribution in [2.24, 2.45) is 0 Å². The third kappa shape index (κ3) is 2.96. The van der Waals surface area contributed by atoms with Crippen molar-refractivity contribution in [1.82, 2.24) is 0 Å². The lowest BCUT2D eigenvalue weighted by molar-refractivity contribution is 1.41. The lowest BCUT2D eigenvalue weighted by atomic mass is 9.90. The van der Waals surface area contributed by atoms with Gasteiger partial charge < -0.3 is 5.73 Å². The Bertz CT molecular complexity index is 1380. The summed E-state index contributed by atoms with van der Waals surface area (Å²) >= 11 is 0. The standard InChI is InChI=1S/C28H23N/c1-18-15-21(11-13-23(18)24-14-12-22(29)16-19(24)2)28-17-20-7-3-4-8-25(20)26-9-5-6-10-27(26)28/h3-17H,29H2,1-2H3. The van der Waals surface area contributed by atoms with Gasteiger partial charge in [-0.3, -0.25) is 0 Å². The zero-order chi connectivity index (χ0) is 20.0. The van der Waals surface area contributed by atoms with Gasteiger partial charge in [0.1, 0.15) is 0 Å². The van der Waals surface area contributed by atoms with Gasteiger partial charge in [-0.2, -0.15) is 0 Å². The molecular weight excluding hydrogens is 350 g/mol.